The summed E-state index contributed by atoms with van der Waals surface area (Å²) in [7, 11) is -0.615. The van der Waals surface area contributed by atoms with Gasteiger partial charge in [-0.1, -0.05) is 18.2 Å². The van der Waals surface area contributed by atoms with Gasteiger partial charge in [-0.2, -0.15) is 0 Å². The van der Waals surface area contributed by atoms with Crippen molar-refractivity contribution in [3.63, 3.8) is 0 Å². The molecule has 0 atom stereocenters. The van der Waals surface area contributed by atoms with Gasteiger partial charge >= 0.3 is 0 Å². The molecule has 1 aliphatic rings. The molecule has 0 fully saturated rings. The normalized spacial score (nSPS) is 15.6. The number of nitrogens with zero attached hydrogens (tertiary/aromatic N) is 1. The fourth-order valence-electron chi connectivity index (χ4n) is 3.31. The van der Waals surface area contributed by atoms with Crippen LogP contribution in [-0.2, 0) is 14.8 Å². The van der Waals surface area contributed by atoms with Gasteiger partial charge < -0.3 is 10.3 Å². The summed E-state index contributed by atoms with van der Waals surface area (Å²) < 4.78 is 26.1. The average Bonchev–Trinajstić information content (AvgIpc) is 3.11. The highest BCUT2D eigenvalue weighted by molar-refractivity contribution is 7.89. The van der Waals surface area contributed by atoms with Crippen molar-refractivity contribution in [1.82, 2.24) is 9.29 Å². The highest BCUT2D eigenvalue weighted by Gasteiger charge is 2.28. The minimum Gasteiger partial charge on any atom is -0.358 e. The molecule has 0 unspecified atom stereocenters. The number of carbonyl (C=O) groups is 1. The fourth-order valence-corrected chi connectivity index (χ4v) is 4.24. The van der Waals surface area contributed by atoms with Crippen LogP contribution in [0, 0.1) is 6.92 Å². The number of aromatic amines is 1. The smallest absolute Gasteiger partial charge is 0.256 e. The van der Waals surface area contributed by atoms with Crippen LogP contribution in [0.15, 0.2) is 47.4 Å². The van der Waals surface area contributed by atoms with Crippen molar-refractivity contribution in [2.75, 3.05) is 19.4 Å². The van der Waals surface area contributed by atoms with Crippen molar-refractivity contribution in [3.05, 3.63) is 59.3 Å². The first-order valence-corrected chi connectivity index (χ1v) is 9.90. The van der Waals surface area contributed by atoms with Gasteiger partial charge in [0.05, 0.1) is 4.90 Å². The lowest BCUT2D eigenvalue weighted by molar-refractivity contribution is -0.110. The second-order valence-electron chi connectivity index (χ2n) is 6.72. The van der Waals surface area contributed by atoms with Gasteiger partial charge in [0.1, 0.15) is 0 Å². The summed E-state index contributed by atoms with van der Waals surface area (Å²) in [6.07, 6.45) is 1.82. The largest absolute Gasteiger partial charge is 0.358 e. The average molecular weight is 381 g/mol. The van der Waals surface area contributed by atoms with Crippen molar-refractivity contribution >= 4 is 44.2 Å². The number of anilines is 1. The fraction of sp³-hybridized carbons (Fsp3) is 0.150. The topological polar surface area (TPSA) is 82.3 Å². The molecule has 2 N–H and O–H groups in total. The van der Waals surface area contributed by atoms with Crippen LogP contribution in [0.2, 0.25) is 0 Å². The lowest BCUT2D eigenvalue weighted by atomic mass is 10.0. The maximum Gasteiger partial charge on any atom is 0.256 e. The number of amides is 1. The summed E-state index contributed by atoms with van der Waals surface area (Å²) in [6.45, 7) is 1.95. The number of hydrogen-bond acceptors (Lipinski definition) is 3. The Morgan fingerprint density at radius 1 is 1.07 bits per heavy atom. The molecule has 27 heavy (non-hydrogen) atoms. The summed E-state index contributed by atoms with van der Waals surface area (Å²) >= 11 is 0. The molecule has 0 bridgehead atoms. The van der Waals surface area contributed by atoms with Gasteiger partial charge in [-0.15, -0.1) is 0 Å². The second kappa shape index (κ2) is 6.07. The number of sulfonamides is 1. The number of para-hydroxylation sites is 1. The number of aryl methyl sites for hydroxylation is 1. The Labute approximate surface area is 157 Å². The van der Waals surface area contributed by atoms with Crippen LogP contribution in [0.3, 0.4) is 0 Å². The van der Waals surface area contributed by atoms with Crippen molar-refractivity contribution in [3.8, 4) is 0 Å². The van der Waals surface area contributed by atoms with Crippen molar-refractivity contribution in [2.24, 2.45) is 0 Å². The van der Waals surface area contributed by atoms with Crippen LogP contribution < -0.4 is 5.32 Å². The van der Waals surface area contributed by atoms with E-state index in [2.05, 4.69) is 10.3 Å². The van der Waals surface area contributed by atoms with E-state index in [1.807, 2.05) is 37.3 Å². The molecule has 0 spiro atoms. The number of carbonyl (C=O) groups excluding carboxylic acids is 1. The lowest BCUT2D eigenvalue weighted by Gasteiger charge is -2.12. The van der Waals surface area contributed by atoms with Crippen LogP contribution in [-0.4, -0.2) is 37.7 Å². The Bertz CT molecular complexity index is 1220. The van der Waals surface area contributed by atoms with Gasteiger partial charge in [-0.25, -0.2) is 12.7 Å². The first-order valence-electron chi connectivity index (χ1n) is 8.46. The van der Waals surface area contributed by atoms with E-state index in [0.29, 0.717) is 16.8 Å². The van der Waals surface area contributed by atoms with Gasteiger partial charge in [0.2, 0.25) is 10.0 Å². The SMILES string of the molecule is Cc1[nH]c2ccccc2c1/C=C1/C(=O)Nc2ccc(S(=O)(=O)N(C)C)cc21. The number of H-pyrrole nitrogens is 1. The van der Waals surface area contributed by atoms with Crippen LogP contribution in [0.5, 0.6) is 0 Å². The lowest BCUT2D eigenvalue weighted by Crippen LogP contribution is -2.22. The zero-order valence-electron chi connectivity index (χ0n) is 15.2. The molecule has 1 amide bonds. The molecule has 1 aromatic heterocycles. The Hall–Kier alpha value is -2.90. The Balaban J connectivity index is 1.90. The predicted molar refractivity (Wildman–Crippen MR) is 107 cm³/mol. The van der Waals surface area contributed by atoms with Gasteiger partial charge in [0.15, 0.2) is 0 Å². The van der Waals surface area contributed by atoms with Gasteiger partial charge in [-0.05, 0) is 37.3 Å². The van der Waals surface area contributed by atoms with E-state index in [1.165, 1.54) is 20.2 Å². The number of hydrogen-bond donors (Lipinski definition) is 2. The number of nitrogens with one attached hydrogen (secondary N) is 2. The minimum atomic E-state index is -3.58. The third kappa shape index (κ3) is 2.75. The molecule has 0 saturated carbocycles. The second-order valence-corrected chi connectivity index (χ2v) is 8.87. The van der Waals surface area contributed by atoms with Crippen LogP contribution in [0.1, 0.15) is 16.8 Å². The molecule has 0 aliphatic carbocycles. The van der Waals surface area contributed by atoms with E-state index in [-0.39, 0.29) is 10.8 Å². The molecule has 7 heteroatoms. The third-order valence-corrected chi connectivity index (χ3v) is 6.60. The monoisotopic (exact) mass is 381 g/mol. The van der Waals surface area contributed by atoms with Crippen LogP contribution in [0.4, 0.5) is 5.69 Å². The number of aromatic nitrogens is 1. The zero-order chi connectivity index (χ0) is 19.3. The summed E-state index contributed by atoms with van der Waals surface area (Å²) in [6, 6.07) is 12.6. The molecule has 4 rings (SSSR count). The first kappa shape index (κ1) is 17.5. The van der Waals surface area contributed by atoms with Crippen molar-refractivity contribution in [1.29, 1.82) is 0 Å². The number of fused-ring (bicyclic) bond motifs is 2. The first-order chi connectivity index (χ1) is 12.8. The number of benzene rings is 2. The van der Waals surface area contributed by atoms with E-state index in [4.69, 9.17) is 0 Å². The van der Waals surface area contributed by atoms with Crippen LogP contribution in [0.25, 0.3) is 22.6 Å². The van der Waals surface area contributed by atoms with E-state index in [0.717, 1.165) is 26.5 Å². The summed E-state index contributed by atoms with van der Waals surface area (Å²) in [5, 5.41) is 3.82. The Morgan fingerprint density at radius 3 is 2.56 bits per heavy atom. The highest BCUT2D eigenvalue weighted by atomic mass is 32.2. The number of rotatable bonds is 3. The molecule has 2 heterocycles. The summed E-state index contributed by atoms with van der Waals surface area (Å²) in [5.41, 5.74) is 4.51. The molecule has 3 aromatic rings. The quantitative estimate of drug-likeness (QED) is 0.684. The van der Waals surface area contributed by atoms with E-state index < -0.39 is 10.0 Å². The van der Waals surface area contributed by atoms with Gasteiger partial charge in [0, 0.05) is 53.1 Å². The summed E-state index contributed by atoms with van der Waals surface area (Å²) in [4.78, 5) is 16.0. The molecule has 2 aromatic carbocycles. The maximum absolute atomic E-state index is 12.6. The molecule has 6 nitrogen and oxygen atoms in total. The van der Waals surface area contributed by atoms with E-state index in [1.54, 1.807) is 12.1 Å². The molecule has 138 valence electrons. The summed E-state index contributed by atoms with van der Waals surface area (Å²) in [5.74, 6) is -0.242. The van der Waals surface area contributed by atoms with Crippen molar-refractivity contribution in [2.45, 2.75) is 11.8 Å². The molecular weight excluding hydrogens is 362 g/mol. The van der Waals surface area contributed by atoms with E-state index >= 15 is 0 Å². The van der Waals surface area contributed by atoms with Crippen LogP contribution >= 0.6 is 0 Å². The molecular formula is C20H19N3O3S. The third-order valence-electron chi connectivity index (χ3n) is 4.78. The van der Waals surface area contributed by atoms with E-state index in [9.17, 15) is 13.2 Å². The standard InChI is InChI=1S/C20H19N3O3S/c1-12-15(14-6-4-5-7-18(14)21-12)11-17-16-10-13(27(25,26)23(2)3)8-9-19(16)22-20(17)24/h4-11,21H,1-3H3,(H,22,24)/b17-11+. The van der Waals surface area contributed by atoms with Gasteiger partial charge in [0.25, 0.3) is 5.91 Å². The van der Waals surface area contributed by atoms with Crippen molar-refractivity contribution < 1.29 is 13.2 Å². The molecule has 0 saturated heterocycles. The van der Waals surface area contributed by atoms with Gasteiger partial charge in [-0.3, -0.25) is 4.79 Å². The Kier molecular flexibility index (Phi) is 3.94. The maximum atomic E-state index is 12.6. The highest BCUT2D eigenvalue weighted by Crippen LogP contribution is 2.36. The molecule has 0 radical (unpaired) electrons. The predicted octanol–water partition coefficient (Wildman–Crippen LogP) is 3.22. The Morgan fingerprint density at radius 2 is 1.81 bits per heavy atom. The zero-order valence-corrected chi connectivity index (χ0v) is 16.0. The minimum absolute atomic E-state index is 0.157. The molecule has 1 aliphatic heterocycles.